The highest BCUT2D eigenvalue weighted by Crippen LogP contribution is 2.22. The number of rotatable bonds is 6. The van der Waals surface area contributed by atoms with Crippen molar-refractivity contribution in [3.05, 3.63) is 83.7 Å². The molecule has 2 N–H and O–H groups in total. The third kappa shape index (κ3) is 4.74. The van der Waals surface area contributed by atoms with Gasteiger partial charge in [0, 0.05) is 42.9 Å². The molecule has 1 amide bonds. The number of aryl methyl sites for hydroxylation is 1. The van der Waals surface area contributed by atoms with Gasteiger partial charge in [-0.15, -0.1) is 0 Å². The predicted molar refractivity (Wildman–Crippen MR) is 119 cm³/mol. The topological polar surface area (TPSA) is 57.3 Å². The van der Waals surface area contributed by atoms with Gasteiger partial charge in [0.1, 0.15) is 5.69 Å². The van der Waals surface area contributed by atoms with E-state index in [1.54, 1.807) is 12.3 Å². The second-order valence-corrected chi connectivity index (χ2v) is 7.40. The molecule has 1 aliphatic heterocycles. The average Bonchev–Trinajstić information content (AvgIpc) is 3.29. The molecule has 0 unspecified atom stereocenters. The number of amides is 1. The number of pyridine rings is 1. The van der Waals surface area contributed by atoms with Gasteiger partial charge in [-0.2, -0.15) is 0 Å². The van der Waals surface area contributed by atoms with E-state index in [1.807, 2.05) is 30.3 Å². The van der Waals surface area contributed by atoms with Crippen molar-refractivity contribution < 1.29 is 4.79 Å². The second kappa shape index (κ2) is 8.78. The molecule has 1 fully saturated rings. The lowest BCUT2D eigenvalue weighted by Crippen LogP contribution is -2.17. The SMILES string of the molecule is Cc1ccccc1CNc1ccnc(C(=O)Nc2ccc(N3CCCC3)cc2)c1. The van der Waals surface area contributed by atoms with E-state index in [2.05, 4.69) is 51.7 Å². The fraction of sp³-hybridized carbons (Fsp3) is 0.250. The summed E-state index contributed by atoms with van der Waals surface area (Å²) >= 11 is 0. The number of carbonyl (C=O) groups is 1. The van der Waals surface area contributed by atoms with Gasteiger partial charge in [0.25, 0.3) is 5.91 Å². The van der Waals surface area contributed by atoms with Crippen molar-refractivity contribution in [1.29, 1.82) is 0 Å². The Hall–Kier alpha value is -3.34. The summed E-state index contributed by atoms with van der Waals surface area (Å²) in [6.45, 7) is 5.02. The maximum absolute atomic E-state index is 12.6. The van der Waals surface area contributed by atoms with Gasteiger partial charge in [-0.3, -0.25) is 9.78 Å². The fourth-order valence-corrected chi connectivity index (χ4v) is 3.60. The summed E-state index contributed by atoms with van der Waals surface area (Å²) in [7, 11) is 0. The molecule has 29 heavy (non-hydrogen) atoms. The summed E-state index contributed by atoms with van der Waals surface area (Å²) < 4.78 is 0. The Morgan fingerprint density at radius 2 is 1.76 bits per heavy atom. The van der Waals surface area contributed by atoms with Gasteiger partial charge in [0.15, 0.2) is 0 Å². The van der Waals surface area contributed by atoms with Crippen molar-refractivity contribution in [2.45, 2.75) is 26.3 Å². The maximum atomic E-state index is 12.6. The Bertz CT molecular complexity index is 978. The first-order chi connectivity index (χ1) is 14.2. The number of nitrogens with zero attached hydrogens (tertiary/aromatic N) is 2. The zero-order valence-corrected chi connectivity index (χ0v) is 16.7. The standard InChI is InChI=1S/C24H26N4O/c1-18-6-2-3-7-19(18)17-26-21-12-13-25-23(16-21)24(29)27-20-8-10-22(11-9-20)28-14-4-5-15-28/h2-3,6-13,16H,4-5,14-15,17H2,1H3,(H,25,26)(H,27,29). The van der Waals surface area contributed by atoms with Gasteiger partial charge in [-0.1, -0.05) is 24.3 Å². The molecule has 4 rings (SSSR count). The van der Waals surface area contributed by atoms with E-state index in [0.29, 0.717) is 12.2 Å². The molecule has 5 heteroatoms. The molecular formula is C24H26N4O. The van der Waals surface area contributed by atoms with Crippen LogP contribution in [0.5, 0.6) is 0 Å². The lowest BCUT2D eigenvalue weighted by Gasteiger charge is -2.17. The lowest BCUT2D eigenvalue weighted by atomic mass is 10.1. The van der Waals surface area contributed by atoms with Crippen molar-refractivity contribution in [2.24, 2.45) is 0 Å². The zero-order chi connectivity index (χ0) is 20.1. The molecule has 0 atom stereocenters. The molecular weight excluding hydrogens is 360 g/mol. The van der Waals surface area contributed by atoms with Crippen molar-refractivity contribution in [3.63, 3.8) is 0 Å². The summed E-state index contributed by atoms with van der Waals surface area (Å²) in [5.74, 6) is -0.210. The van der Waals surface area contributed by atoms with Crippen LogP contribution in [0.25, 0.3) is 0 Å². The third-order valence-corrected chi connectivity index (χ3v) is 5.33. The van der Waals surface area contributed by atoms with Gasteiger partial charge in [-0.05, 0) is 67.3 Å². The highest BCUT2D eigenvalue weighted by atomic mass is 16.1. The summed E-state index contributed by atoms with van der Waals surface area (Å²) in [5, 5.41) is 6.31. The normalized spacial score (nSPS) is 13.3. The van der Waals surface area contributed by atoms with E-state index in [1.165, 1.54) is 29.7 Å². The number of anilines is 3. The van der Waals surface area contributed by atoms with Gasteiger partial charge in [-0.25, -0.2) is 0 Å². The van der Waals surface area contributed by atoms with Crippen molar-refractivity contribution in [2.75, 3.05) is 28.6 Å². The van der Waals surface area contributed by atoms with E-state index < -0.39 is 0 Å². The molecule has 1 saturated heterocycles. The van der Waals surface area contributed by atoms with Crippen LogP contribution in [-0.4, -0.2) is 24.0 Å². The first-order valence-electron chi connectivity index (χ1n) is 10.1. The van der Waals surface area contributed by atoms with Crippen LogP contribution in [0.15, 0.2) is 66.9 Å². The second-order valence-electron chi connectivity index (χ2n) is 7.40. The smallest absolute Gasteiger partial charge is 0.274 e. The number of aromatic nitrogens is 1. The van der Waals surface area contributed by atoms with Crippen LogP contribution in [0.1, 0.15) is 34.5 Å². The Balaban J connectivity index is 1.38. The first-order valence-corrected chi connectivity index (χ1v) is 10.1. The Kier molecular flexibility index (Phi) is 5.75. The monoisotopic (exact) mass is 386 g/mol. The van der Waals surface area contributed by atoms with Crippen LogP contribution < -0.4 is 15.5 Å². The van der Waals surface area contributed by atoms with Crippen LogP contribution in [-0.2, 0) is 6.54 Å². The quantitative estimate of drug-likeness (QED) is 0.636. The molecule has 2 heterocycles. The van der Waals surface area contributed by atoms with E-state index in [4.69, 9.17) is 0 Å². The molecule has 0 spiro atoms. The minimum atomic E-state index is -0.210. The highest BCUT2D eigenvalue weighted by molar-refractivity contribution is 6.03. The molecule has 0 aliphatic carbocycles. The molecule has 0 radical (unpaired) electrons. The number of hydrogen-bond donors (Lipinski definition) is 2. The number of hydrogen-bond acceptors (Lipinski definition) is 4. The van der Waals surface area contributed by atoms with Crippen molar-refractivity contribution >= 4 is 23.0 Å². The minimum absolute atomic E-state index is 0.210. The van der Waals surface area contributed by atoms with Gasteiger partial charge >= 0.3 is 0 Å². The van der Waals surface area contributed by atoms with Gasteiger partial charge in [0.05, 0.1) is 0 Å². The summed E-state index contributed by atoms with van der Waals surface area (Å²) in [6, 6.07) is 19.9. The Morgan fingerprint density at radius 3 is 2.52 bits per heavy atom. The van der Waals surface area contributed by atoms with Crippen LogP contribution in [0.4, 0.5) is 17.1 Å². The third-order valence-electron chi connectivity index (χ3n) is 5.33. The minimum Gasteiger partial charge on any atom is -0.381 e. The number of benzene rings is 2. The molecule has 2 aromatic carbocycles. The van der Waals surface area contributed by atoms with E-state index in [0.717, 1.165) is 24.5 Å². The van der Waals surface area contributed by atoms with E-state index in [-0.39, 0.29) is 5.91 Å². The summed E-state index contributed by atoms with van der Waals surface area (Å²) in [5.41, 5.74) is 5.72. The molecule has 5 nitrogen and oxygen atoms in total. The summed E-state index contributed by atoms with van der Waals surface area (Å²) in [6.07, 6.45) is 4.16. The zero-order valence-electron chi connectivity index (χ0n) is 16.7. The lowest BCUT2D eigenvalue weighted by molar-refractivity contribution is 0.102. The largest absolute Gasteiger partial charge is 0.381 e. The van der Waals surface area contributed by atoms with Crippen LogP contribution in [0.3, 0.4) is 0 Å². The Labute approximate surface area is 171 Å². The highest BCUT2D eigenvalue weighted by Gasteiger charge is 2.13. The van der Waals surface area contributed by atoms with Gasteiger partial charge < -0.3 is 15.5 Å². The van der Waals surface area contributed by atoms with Gasteiger partial charge in [0.2, 0.25) is 0 Å². The van der Waals surface area contributed by atoms with E-state index >= 15 is 0 Å². The average molecular weight is 386 g/mol. The predicted octanol–water partition coefficient (Wildman–Crippen LogP) is 4.85. The molecule has 0 bridgehead atoms. The maximum Gasteiger partial charge on any atom is 0.274 e. The molecule has 3 aromatic rings. The first kappa shape index (κ1) is 19.0. The van der Waals surface area contributed by atoms with Crippen LogP contribution >= 0.6 is 0 Å². The molecule has 148 valence electrons. The molecule has 1 aliphatic rings. The van der Waals surface area contributed by atoms with Crippen molar-refractivity contribution in [1.82, 2.24) is 4.98 Å². The van der Waals surface area contributed by atoms with Crippen LogP contribution in [0.2, 0.25) is 0 Å². The number of nitrogens with one attached hydrogen (secondary N) is 2. The van der Waals surface area contributed by atoms with Crippen LogP contribution in [0, 0.1) is 6.92 Å². The number of carbonyl (C=O) groups excluding carboxylic acids is 1. The van der Waals surface area contributed by atoms with Crippen molar-refractivity contribution in [3.8, 4) is 0 Å². The Morgan fingerprint density at radius 1 is 1.00 bits per heavy atom. The molecule has 0 saturated carbocycles. The fourth-order valence-electron chi connectivity index (χ4n) is 3.60. The summed E-state index contributed by atoms with van der Waals surface area (Å²) in [4.78, 5) is 19.2. The van der Waals surface area contributed by atoms with E-state index in [9.17, 15) is 4.79 Å². The molecule has 1 aromatic heterocycles.